The smallest absolute Gasteiger partial charge is 0.355 e. The van der Waals surface area contributed by atoms with Gasteiger partial charge in [0.15, 0.2) is 5.58 Å². The van der Waals surface area contributed by atoms with Crippen LogP contribution in [0, 0.1) is 6.92 Å². The molecule has 0 fully saturated rings. The second-order valence-electron chi connectivity index (χ2n) is 5.71. The third-order valence-corrected chi connectivity index (χ3v) is 3.83. The highest BCUT2D eigenvalue weighted by Gasteiger charge is 2.21. The van der Waals surface area contributed by atoms with Crippen molar-refractivity contribution in [3.05, 3.63) is 59.5 Å². The van der Waals surface area contributed by atoms with Crippen LogP contribution in [0.3, 0.4) is 0 Å². The van der Waals surface area contributed by atoms with E-state index in [0.717, 1.165) is 11.3 Å². The van der Waals surface area contributed by atoms with Crippen LogP contribution in [0.5, 0.6) is 0 Å². The molecule has 0 aliphatic carbocycles. The topological polar surface area (TPSA) is 73.5 Å². The summed E-state index contributed by atoms with van der Waals surface area (Å²) in [7, 11) is 0. The van der Waals surface area contributed by atoms with Crippen LogP contribution in [0.1, 0.15) is 28.7 Å². The maximum absolute atomic E-state index is 12.4. The number of amides is 1. The van der Waals surface area contributed by atoms with Crippen molar-refractivity contribution < 1.29 is 18.7 Å². The highest BCUT2D eigenvalue weighted by molar-refractivity contribution is 5.95. The highest BCUT2D eigenvalue weighted by Crippen LogP contribution is 2.24. The fourth-order valence-corrected chi connectivity index (χ4v) is 2.71. The van der Waals surface area contributed by atoms with E-state index in [-0.39, 0.29) is 19.1 Å². The van der Waals surface area contributed by atoms with Crippen LogP contribution in [-0.4, -0.2) is 23.1 Å². The summed E-state index contributed by atoms with van der Waals surface area (Å²) in [5.74, 6) is 0.0621. The number of hydrogen-bond acceptors (Lipinski definition) is 4. The van der Waals surface area contributed by atoms with Crippen LogP contribution in [0.15, 0.2) is 46.9 Å². The summed E-state index contributed by atoms with van der Waals surface area (Å²) in [6.07, 6.45) is 0. The van der Waals surface area contributed by atoms with E-state index in [1.165, 1.54) is 0 Å². The van der Waals surface area contributed by atoms with Gasteiger partial charge < -0.3 is 19.0 Å². The van der Waals surface area contributed by atoms with Gasteiger partial charge in [0.1, 0.15) is 18.0 Å². The van der Waals surface area contributed by atoms with E-state index >= 15 is 0 Å². The minimum absolute atomic E-state index is 0.0173. The zero-order chi connectivity index (χ0) is 17.8. The summed E-state index contributed by atoms with van der Waals surface area (Å²) in [6.45, 7) is 4.28. The Hall–Kier alpha value is -3.02. The van der Waals surface area contributed by atoms with Crippen molar-refractivity contribution >= 4 is 23.0 Å². The molecule has 0 aliphatic heterocycles. The summed E-state index contributed by atoms with van der Waals surface area (Å²) in [5.41, 5.74) is 2.59. The van der Waals surface area contributed by atoms with Gasteiger partial charge in [-0.2, -0.15) is 0 Å². The number of aromatic nitrogens is 1. The standard InChI is InChI=1S/C19H20N2O4/c1-3-24-19(23)16-10-17-15(9-13(2)25-17)21(16)12-18(22)20-11-14-7-5-4-6-8-14/h4-10H,3,11-12H2,1-2H3,(H,20,22). The zero-order valence-electron chi connectivity index (χ0n) is 14.2. The summed E-state index contributed by atoms with van der Waals surface area (Å²) in [4.78, 5) is 24.5. The molecule has 1 N–H and O–H groups in total. The molecular formula is C19H20N2O4. The van der Waals surface area contributed by atoms with Gasteiger partial charge in [-0.25, -0.2) is 4.79 Å². The predicted molar refractivity (Wildman–Crippen MR) is 93.2 cm³/mol. The fourth-order valence-electron chi connectivity index (χ4n) is 2.71. The van der Waals surface area contributed by atoms with Gasteiger partial charge in [0.05, 0.1) is 12.1 Å². The summed E-state index contributed by atoms with van der Waals surface area (Å²) in [6, 6.07) is 13.1. The second-order valence-corrected chi connectivity index (χ2v) is 5.71. The van der Waals surface area contributed by atoms with Gasteiger partial charge in [-0.15, -0.1) is 0 Å². The monoisotopic (exact) mass is 340 g/mol. The first-order chi connectivity index (χ1) is 12.1. The molecule has 6 nitrogen and oxygen atoms in total. The summed E-state index contributed by atoms with van der Waals surface area (Å²) < 4.78 is 12.3. The van der Waals surface area contributed by atoms with Gasteiger partial charge >= 0.3 is 5.97 Å². The third-order valence-electron chi connectivity index (χ3n) is 3.83. The van der Waals surface area contributed by atoms with Gasteiger partial charge in [-0.05, 0) is 19.4 Å². The van der Waals surface area contributed by atoms with Gasteiger partial charge in [0, 0.05) is 18.7 Å². The van der Waals surface area contributed by atoms with Crippen molar-refractivity contribution in [3.63, 3.8) is 0 Å². The first-order valence-corrected chi connectivity index (χ1v) is 8.16. The van der Waals surface area contributed by atoms with Crippen molar-refractivity contribution in [1.82, 2.24) is 9.88 Å². The van der Waals surface area contributed by atoms with Gasteiger partial charge in [-0.1, -0.05) is 30.3 Å². The molecule has 1 aromatic carbocycles. The van der Waals surface area contributed by atoms with E-state index < -0.39 is 5.97 Å². The lowest BCUT2D eigenvalue weighted by Crippen LogP contribution is -2.28. The minimum Gasteiger partial charge on any atom is -0.461 e. The number of nitrogens with zero attached hydrogens (tertiary/aromatic N) is 1. The number of ether oxygens (including phenoxy) is 1. The van der Waals surface area contributed by atoms with Crippen molar-refractivity contribution in [2.24, 2.45) is 0 Å². The molecule has 0 radical (unpaired) electrons. The van der Waals surface area contributed by atoms with Crippen molar-refractivity contribution in [3.8, 4) is 0 Å². The fraction of sp³-hybridized carbons (Fsp3) is 0.263. The summed E-state index contributed by atoms with van der Waals surface area (Å²) in [5, 5.41) is 2.86. The lowest BCUT2D eigenvalue weighted by molar-refractivity contribution is -0.121. The van der Waals surface area contributed by atoms with Crippen LogP contribution in [0.2, 0.25) is 0 Å². The van der Waals surface area contributed by atoms with Crippen molar-refractivity contribution in [2.45, 2.75) is 26.9 Å². The Bertz CT molecular complexity index is 893. The zero-order valence-corrected chi connectivity index (χ0v) is 14.2. The molecule has 2 aromatic heterocycles. The van der Waals surface area contributed by atoms with Crippen LogP contribution < -0.4 is 5.32 Å². The molecular weight excluding hydrogens is 320 g/mol. The molecule has 2 heterocycles. The summed E-state index contributed by atoms with van der Waals surface area (Å²) >= 11 is 0. The molecule has 0 unspecified atom stereocenters. The third kappa shape index (κ3) is 3.74. The largest absolute Gasteiger partial charge is 0.461 e. The number of rotatable bonds is 6. The maximum Gasteiger partial charge on any atom is 0.355 e. The number of carbonyl (C=O) groups excluding carboxylic acids is 2. The van der Waals surface area contributed by atoms with Gasteiger partial charge in [-0.3, -0.25) is 4.79 Å². The molecule has 25 heavy (non-hydrogen) atoms. The number of benzene rings is 1. The van der Waals surface area contributed by atoms with Crippen LogP contribution >= 0.6 is 0 Å². The lowest BCUT2D eigenvalue weighted by Gasteiger charge is -2.10. The average molecular weight is 340 g/mol. The van der Waals surface area contributed by atoms with Gasteiger partial charge in [0.2, 0.25) is 5.91 Å². The molecule has 0 atom stereocenters. The highest BCUT2D eigenvalue weighted by atomic mass is 16.5. The average Bonchev–Trinajstić information content (AvgIpc) is 3.11. The van der Waals surface area contributed by atoms with E-state index in [4.69, 9.17) is 9.15 Å². The number of furan rings is 1. The Morgan fingerprint density at radius 2 is 1.96 bits per heavy atom. The Morgan fingerprint density at radius 1 is 1.20 bits per heavy atom. The first kappa shape index (κ1) is 16.8. The number of carbonyl (C=O) groups is 2. The van der Waals surface area contributed by atoms with E-state index in [1.54, 1.807) is 17.6 Å². The van der Waals surface area contributed by atoms with Gasteiger partial charge in [0.25, 0.3) is 0 Å². The Morgan fingerprint density at radius 3 is 2.68 bits per heavy atom. The number of esters is 1. The number of nitrogens with one attached hydrogen (secondary N) is 1. The maximum atomic E-state index is 12.4. The van der Waals surface area contributed by atoms with E-state index in [1.807, 2.05) is 43.3 Å². The lowest BCUT2D eigenvalue weighted by atomic mass is 10.2. The predicted octanol–water partition coefficient (Wildman–Crippen LogP) is 3.04. The van der Waals surface area contributed by atoms with Crippen molar-refractivity contribution in [2.75, 3.05) is 6.61 Å². The molecule has 1 amide bonds. The molecule has 130 valence electrons. The van der Waals surface area contributed by atoms with E-state index in [0.29, 0.717) is 23.3 Å². The van der Waals surface area contributed by atoms with Crippen LogP contribution in [0.4, 0.5) is 0 Å². The second kappa shape index (κ2) is 7.25. The Labute approximate surface area is 145 Å². The van der Waals surface area contributed by atoms with E-state index in [9.17, 15) is 9.59 Å². The Balaban J connectivity index is 1.79. The Kier molecular flexibility index (Phi) is 4.88. The number of aryl methyl sites for hydroxylation is 1. The molecule has 3 aromatic rings. The van der Waals surface area contributed by atoms with E-state index in [2.05, 4.69) is 5.32 Å². The molecule has 0 aliphatic rings. The first-order valence-electron chi connectivity index (χ1n) is 8.16. The normalized spacial score (nSPS) is 10.8. The molecule has 3 rings (SSSR count). The quantitative estimate of drug-likeness (QED) is 0.700. The van der Waals surface area contributed by atoms with Crippen molar-refractivity contribution in [1.29, 1.82) is 0 Å². The minimum atomic E-state index is -0.470. The SMILES string of the molecule is CCOC(=O)c1cc2oc(C)cc2n1CC(=O)NCc1ccccc1. The van der Waals surface area contributed by atoms with Crippen LogP contribution in [0.25, 0.3) is 11.1 Å². The number of fused-ring (bicyclic) bond motifs is 1. The molecule has 6 heteroatoms. The van der Waals surface area contributed by atoms with Crippen LogP contribution in [-0.2, 0) is 22.6 Å². The molecule has 0 saturated carbocycles. The number of hydrogen-bond donors (Lipinski definition) is 1. The molecule has 0 spiro atoms. The molecule has 0 saturated heterocycles. The molecule has 0 bridgehead atoms.